The van der Waals surface area contributed by atoms with Gasteiger partial charge >= 0.3 is 12.0 Å². The van der Waals surface area contributed by atoms with Gasteiger partial charge in [-0.15, -0.1) is 11.3 Å². The highest BCUT2D eigenvalue weighted by atomic mass is 32.1. The first-order valence-corrected chi connectivity index (χ1v) is 10.8. The van der Waals surface area contributed by atoms with Gasteiger partial charge in [-0.2, -0.15) is 4.98 Å². The zero-order valence-electron chi connectivity index (χ0n) is 17.9. The zero-order chi connectivity index (χ0) is 23.1. The first-order valence-electron chi connectivity index (χ1n) is 10.0. The lowest BCUT2D eigenvalue weighted by Gasteiger charge is -2.11. The summed E-state index contributed by atoms with van der Waals surface area (Å²) in [7, 11) is 0. The molecule has 5 rings (SSSR count). The SMILES string of the molecule is Cc1nc2cc(Oc3ncc4nc(-c5cc(C)c(OCC(=O)O)c(C)c5)oc4n3)ccc2s1. The molecule has 166 valence electrons. The van der Waals surface area contributed by atoms with Crippen LogP contribution in [0.2, 0.25) is 0 Å². The molecule has 0 radical (unpaired) electrons. The second-order valence-electron chi connectivity index (χ2n) is 7.45. The van der Waals surface area contributed by atoms with Gasteiger partial charge in [0.15, 0.2) is 6.61 Å². The Morgan fingerprint density at radius 2 is 1.85 bits per heavy atom. The minimum atomic E-state index is -1.03. The lowest BCUT2D eigenvalue weighted by molar-refractivity contribution is -0.139. The second kappa shape index (κ2) is 8.14. The van der Waals surface area contributed by atoms with Gasteiger partial charge in [0.2, 0.25) is 5.89 Å². The normalized spacial score (nSPS) is 11.2. The minimum absolute atomic E-state index is 0.140. The van der Waals surface area contributed by atoms with Crippen molar-refractivity contribution < 1.29 is 23.8 Å². The largest absolute Gasteiger partial charge is 0.481 e. The average molecular weight is 462 g/mol. The predicted molar refractivity (Wildman–Crippen MR) is 122 cm³/mol. The van der Waals surface area contributed by atoms with Gasteiger partial charge < -0.3 is 19.0 Å². The Kier molecular flexibility index (Phi) is 5.14. The van der Waals surface area contributed by atoms with Gasteiger partial charge in [-0.1, -0.05) is 0 Å². The Hall–Kier alpha value is -4.05. The quantitative estimate of drug-likeness (QED) is 0.368. The molecule has 1 N–H and O–H groups in total. The average Bonchev–Trinajstić information content (AvgIpc) is 3.34. The Bertz CT molecular complexity index is 1500. The van der Waals surface area contributed by atoms with Crippen LogP contribution < -0.4 is 9.47 Å². The Morgan fingerprint density at radius 3 is 2.61 bits per heavy atom. The maximum absolute atomic E-state index is 10.8. The van der Waals surface area contributed by atoms with Crippen molar-refractivity contribution in [2.24, 2.45) is 0 Å². The molecule has 5 aromatic rings. The fourth-order valence-corrected chi connectivity index (χ4v) is 4.33. The molecular formula is C23H18N4O5S. The van der Waals surface area contributed by atoms with Crippen LogP contribution in [0.3, 0.4) is 0 Å². The standard InChI is InChI=1S/C23H18N4O5S/c1-11-6-14(7-12(2)20(11)30-10-19(28)29)21-26-17-9-24-23(27-22(17)32-21)31-15-4-5-18-16(8-15)25-13(3)33-18/h4-9H,10H2,1-3H3,(H,28,29). The van der Waals surface area contributed by atoms with Gasteiger partial charge in [0, 0.05) is 11.6 Å². The third-order valence-corrected chi connectivity index (χ3v) is 5.80. The van der Waals surface area contributed by atoms with Crippen molar-refractivity contribution in [1.82, 2.24) is 19.9 Å². The maximum atomic E-state index is 10.8. The molecule has 9 nitrogen and oxygen atoms in total. The minimum Gasteiger partial charge on any atom is -0.481 e. The van der Waals surface area contributed by atoms with Crippen molar-refractivity contribution in [2.75, 3.05) is 6.61 Å². The van der Waals surface area contributed by atoms with Crippen molar-refractivity contribution in [3.8, 4) is 29.0 Å². The Balaban J connectivity index is 1.42. The molecule has 0 amide bonds. The molecule has 2 aromatic carbocycles. The Labute approximate surface area is 191 Å². The zero-order valence-corrected chi connectivity index (χ0v) is 18.8. The van der Waals surface area contributed by atoms with Crippen LogP contribution in [0.25, 0.3) is 32.9 Å². The van der Waals surface area contributed by atoms with Crippen LogP contribution in [0, 0.1) is 20.8 Å². The number of rotatable bonds is 6. The number of aromatic nitrogens is 4. The number of nitrogens with zero attached hydrogens (tertiary/aromatic N) is 4. The number of carbonyl (C=O) groups is 1. The molecule has 3 aromatic heterocycles. The monoisotopic (exact) mass is 462 g/mol. The molecule has 0 saturated carbocycles. The number of carboxylic acids is 1. The second-order valence-corrected chi connectivity index (χ2v) is 8.68. The van der Waals surface area contributed by atoms with Crippen molar-refractivity contribution in [1.29, 1.82) is 0 Å². The summed E-state index contributed by atoms with van der Waals surface area (Å²) in [6.07, 6.45) is 1.54. The number of carboxylic acid groups (broad SMARTS) is 1. The number of ether oxygens (including phenoxy) is 2. The van der Waals surface area contributed by atoms with Crippen LogP contribution in [-0.2, 0) is 4.79 Å². The fraction of sp³-hybridized carbons (Fsp3) is 0.174. The highest BCUT2D eigenvalue weighted by molar-refractivity contribution is 7.18. The molecule has 0 spiro atoms. The molecule has 0 atom stereocenters. The van der Waals surface area contributed by atoms with E-state index in [-0.39, 0.29) is 6.01 Å². The molecule has 33 heavy (non-hydrogen) atoms. The van der Waals surface area contributed by atoms with E-state index < -0.39 is 12.6 Å². The van der Waals surface area contributed by atoms with Gasteiger partial charge in [-0.05, 0) is 56.2 Å². The molecule has 0 aliphatic rings. The highest BCUT2D eigenvalue weighted by Crippen LogP contribution is 2.32. The number of oxazole rings is 1. The van der Waals surface area contributed by atoms with E-state index in [1.165, 1.54) is 0 Å². The van der Waals surface area contributed by atoms with E-state index in [4.69, 9.17) is 19.0 Å². The molecule has 0 aliphatic carbocycles. The molecule has 0 fully saturated rings. The summed E-state index contributed by atoms with van der Waals surface area (Å²) < 4.78 is 18.1. The van der Waals surface area contributed by atoms with E-state index >= 15 is 0 Å². The van der Waals surface area contributed by atoms with Crippen LogP contribution in [-0.4, -0.2) is 37.6 Å². The smallest absolute Gasteiger partial charge is 0.341 e. The van der Waals surface area contributed by atoms with Crippen molar-refractivity contribution in [2.45, 2.75) is 20.8 Å². The number of hydrogen-bond acceptors (Lipinski definition) is 9. The molecule has 3 heterocycles. The van der Waals surface area contributed by atoms with Crippen LogP contribution in [0.4, 0.5) is 0 Å². The van der Waals surface area contributed by atoms with Gasteiger partial charge in [-0.3, -0.25) is 0 Å². The first-order chi connectivity index (χ1) is 15.9. The molecule has 0 unspecified atom stereocenters. The van der Waals surface area contributed by atoms with E-state index in [1.807, 2.05) is 51.1 Å². The number of benzene rings is 2. The number of fused-ring (bicyclic) bond motifs is 2. The van der Waals surface area contributed by atoms with Gasteiger partial charge in [0.1, 0.15) is 17.0 Å². The van der Waals surface area contributed by atoms with E-state index in [9.17, 15) is 4.79 Å². The summed E-state index contributed by atoms with van der Waals surface area (Å²) in [6, 6.07) is 9.43. The number of hydrogen-bond donors (Lipinski definition) is 1. The highest BCUT2D eigenvalue weighted by Gasteiger charge is 2.16. The summed E-state index contributed by atoms with van der Waals surface area (Å²) in [6.45, 7) is 5.23. The van der Waals surface area contributed by atoms with Crippen LogP contribution in [0.5, 0.6) is 17.5 Å². The molecule has 10 heteroatoms. The summed E-state index contributed by atoms with van der Waals surface area (Å²) in [5, 5.41) is 9.84. The molecule has 0 bridgehead atoms. The fourth-order valence-electron chi connectivity index (χ4n) is 3.52. The Morgan fingerprint density at radius 1 is 1.06 bits per heavy atom. The van der Waals surface area contributed by atoms with Gasteiger partial charge in [-0.25, -0.2) is 19.7 Å². The van der Waals surface area contributed by atoms with Crippen LogP contribution in [0.1, 0.15) is 16.1 Å². The van der Waals surface area contributed by atoms with E-state index in [0.29, 0.717) is 28.6 Å². The molecule has 0 aliphatic heterocycles. The topological polar surface area (TPSA) is 120 Å². The number of aliphatic carboxylic acids is 1. The van der Waals surface area contributed by atoms with Crippen molar-refractivity contribution in [3.63, 3.8) is 0 Å². The lowest BCUT2D eigenvalue weighted by atomic mass is 10.1. The van der Waals surface area contributed by atoms with Crippen LogP contribution in [0.15, 0.2) is 40.9 Å². The van der Waals surface area contributed by atoms with Gasteiger partial charge in [0.05, 0.1) is 21.4 Å². The van der Waals surface area contributed by atoms with E-state index in [1.54, 1.807) is 17.5 Å². The maximum Gasteiger partial charge on any atom is 0.341 e. The summed E-state index contributed by atoms with van der Waals surface area (Å²) >= 11 is 1.62. The van der Waals surface area contributed by atoms with Crippen molar-refractivity contribution >= 4 is 38.8 Å². The van der Waals surface area contributed by atoms with Crippen molar-refractivity contribution in [3.05, 3.63) is 52.7 Å². The van der Waals surface area contributed by atoms with E-state index in [2.05, 4.69) is 19.9 Å². The summed E-state index contributed by atoms with van der Waals surface area (Å²) in [5.41, 5.74) is 3.91. The third kappa shape index (κ3) is 4.20. The first kappa shape index (κ1) is 20.8. The van der Waals surface area contributed by atoms with Gasteiger partial charge in [0.25, 0.3) is 5.71 Å². The number of aryl methyl sites for hydroxylation is 3. The number of thiazole rings is 1. The molecule has 0 saturated heterocycles. The predicted octanol–water partition coefficient (Wildman–Crippen LogP) is 5.08. The van der Waals surface area contributed by atoms with E-state index in [0.717, 1.165) is 31.9 Å². The lowest BCUT2D eigenvalue weighted by Crippen LogP contribution is -2.10. The molecular weight excluding hydrogens is 444 g/mol. The third-order valence-electron chi connectivity index (χ3n) is 4.85. The summed E-state index contributed by atoms with van der Waals surface area (Å²) in [5.74, 6) is 0.442. The summed E-state index contributed by atoms with van der Waals surface area (Å²) in [4.78, 5) is 28.3. The van der Waals surface area contributed by atoms with Crippen LogP contribution >= 0.6 is 11.3 Å².